The number of hydrogen-bond donors (Lipinski definition) is 3. The second kappa shape index (κ2) is 3.98. The van der Waals surface area contributed by atoms with Crippen molar-refractivity contribution in [3.8, 4) is 5.75 Å². The van der Waals surface area contributed by atoms with Crippen LogP contribution in [0.5, 0.6) is 5.75 Å². The zero-order valence-electron chi connectivity index (χ0n) is 7.98. The molecule has 0 aromatic heterocycles. The summed E-state index contributed by atoms with van der Waals surface area (Å²) in [5.41, 5.74) is 1.14. The largest absolute Gasteiger partial charge is 0.508 e. The zero-order valence-corrected chi connectivity index (χ0v) is 7.98. The summed E-state index contributed by atoms with van der Waals surface area (Å²) in [5.74, 6) is 0.590. The number of phenols is 1. The number of benzene rings is 1. The molecule has 1 aromatic carbocycles. The van der Waals surface area contributed by atoms with Crippen molar-refractivity contribution >= 4 is 0 Å². The molecule has 0 amide bonds. The average molecular weight is 193 g/mol. The highest BCUT2D eigenvalue weighted by molar-refractivity contribution is 5.28. The smallest absolute Gasteiger partial charge is 0.115 e. The number of rotatable bonds is 2. The predicted octanol–water partition coefficient (Wildman–Crippen LogP) is 1.04. The molecule has 1 heterocycles. The van der Waals surface area contributed by atoms with E-state index < -0.39 is 0 Å². The zero-order chi connectivity index (χ0) is 9.97. The molecule has 1 aliphatic heterocycles. The van der Waals surface area contributed by atoms with Crippen molar-refractivity contribution in [1.29, 1.82) is 0 Å². The fourth-order valence-electron chi connectivity index (χ4n) is 2.03. The van der Waals surface area contributed by atoms with Gasteiger partial charge in [-0.15, -0.1) is 0 Å². The Balaban J connectivity index is 2.17. The number of nitrogens with one attached hydrogen (secondary N) is 1. The Bertz CT molecular complexity index is 297. The molecule has 1 fully saturated rings. The van der Waals surface area contributed by atoms with Crippen molar-refractivity contribution in [2.75, 3.05) is 13.2 Å². The van der Waals surface area contributed by atoms with Gasteiger partial charge in [-0.05, 0) is 30.7 Å². The van der Waals surface area contributed by atoms with E-state index in [0.717, 1.165) is 18.5 Å². The molecule has 0 aliphatic carbocycles. The molecule has 0 saturated carbocycles. The first-order valence-electron chi connectivity index (χ1n) is 4.94. The molecule has 2 atom stereocenters. The molecule has 76 valence electrons. The summed E-state index contributed by atoms with van der Waals surface area (Å²) < 4.78 is 0. The predicted molar refractivity (Wildman–Crippen MR) is 54.0 cm³/mol. The van der Waals surface area contributed by atoms with Crippen LogP contribution in [0.15, 0.2) is 24.3 Å². The lowest BCUT2D eigenvalue weighted by molar-refractivity contribution is 0.214. The van der Waals surface area contributed by atoms with Gasteiger partial charge in [0.25, 0.3) is 0 Å². The van der Waals surface area contributed by atoms with Crippen molar-refractivity contribution < 1.29 is 10.2 Å². The lowest BCUT2D eigenvalue weighted by Crippen LogP contribution is -2.19. The average Bonchev–Trinajstić information content (AvgIpc) is 2.67. The molecule has 3 N–H and O–H groups in total. The molecule has 14 heavy (non-hydrogen) atoms. The summed E-state index contributed by atoms with van der Waals surface area (Å²) in [5, 5.41) is 21.7. The lowest BCUT2D eigenvalue weighted by atomic mass is 9.95. The van der Waals surface area contributed by atoms with Gasteiger partial charge in [-0.1, -0.05) is 12.1 Å². The highest BCUT2D eigenvalue weighted by atomic mass is 16.3. The van der Waals surface area contributed by atoms with Crippen LogP contribution in [0, 0.1) is 5.92 Å². The molecule has 1 aromatic rings. The van der Waals surface area contributed by atoms with Crippen LogP contribution in [0.3, 0.4) is 0 Å². The van der Waals surface area contributed by atoms with Crippen LogP contribution in [0.4, 0.5) is 0 Å². The monoisotopic (exact) mass is 193 g/mol. The molecule has 1 aliphatic rings. The van der Waals surface area contributed by atoms with Crippen molar-refractivity contribution in [1.82, 2.24) is 5.32 Å². The van der Waals surface area contributed by atoms with E-state index in [4.69, 9.17) is 10.2 Å². The molecule has 3 heteroatoms. The molecular formula is C11H15NO2. The minimum absolute atomic E-state index is 0.221. The number of phenolic OH excluding ortho intramolecular Hbond substituents is 1. The summed E-state index contributed by atoms with van der Waals surface area (Å²) in [7, 11) is 0. The van der Waals surface area contributed by atoms with E-state index in [1.54, 1.807) is 12.1 Å². The van der Waals surface area contributed by atoms with E-state index >= 15 is 0 Å². The van der Waals surface area contributed by atoms with Crippen LogP contribution in [-0.4, -0.2) is 23.4 Å². The standard InChI is InChI=1S/C11H15NO2/c13-7-9-5-6-12-11(9)8-1-3-10(14)4-2-8/h1-4,9,11-14H,5-7H2. The normalized spacial score (nSPS) is 26.6. The molecule has 0 radical (unpaired) electrons. The van der Waals surface area contributed by atoms with Gasteiger partial charge in [-0.3, -0.25) is 0 Å². The van der Waals surface area contributed by atoms with Gasteiger partial charge < -0.3 is 15.5 Å². The number of aliphatic hydroxyl groups excluding tert-OH is 1. The van der Waals surface area contributed by atoms with Crippen molar-refractivity contribution in [3.05, 3.63) is 29.8 Å². The number of aliphatic hydroxyl groups is 1. The van der Waals surface area contributed by atoms with Gasteiger partial charge in [-0.25, -0.2) is 0 Å². The van der Waals surface area contributed by atoms with Gasteiger partial charge in [0.15, 0.2) is 0 Å². The van der Waals surface area contributed by atoms with E-state index in [2.05, 4.69) is 5.32 Å². The first-order chi connectivity index (χ1) is 6.81. The third-order valence-electron chi connectivity index (χ3n) is 2.84. The molecule has 0 bridgehead atoms. The van der Waals surface area contributed by atoms with Gasteiger partial charge in [0, 0.05) is 18.6 Å². The maximum atomic E-state index is 9.16. The summed E-state index contributed by atoms with van der Waals surface area (Å²) in [6.45, 7) is 1.18. The van der Waals surface area contributed by atoms with Crippen LogP contribution in [0.25, 0.3) is 0 Å². The van der Waals surface area contributed by atoms with Crippen LogP contribution in [-0.2, 0) is 0 Å². The van der Waals surface area contributed by atoms with Crippen molar-refractivity contribution in [2.24, 2.45) is 5.92 Å². The Morgan fingerprint density at radius 3 is 2.64 bits per heavy atom. The van der Waals surface area contributed by atoms with Gasteiger partial charge in [0.2, 0.25) is 0 Å². The van der Waals surface area contributed by atoms with Crippen LogP contribution < -0.4 is 5.32 Å². The molecule has 2 unspecified atom stereocenters. The fraction of sp³-hybridized carbons (Fsp3) is 0.455. The SMILES string of the molecule is OCC1CCNC1c1ccc(O)cc1. The molecule has 0 spiro atoms. The Morgan fingerprint density at radius 2 is 2.00 bits per heavy atom. The summed E-state index contributed by atoms with van der Waals surface area (Å²) in [6.07, 6.45) is 1.02. The molecule has 3 nitrogen and oxygen atoms in total. The Kier molecular flexibility index (Phi) is 2.70. The Morgan fingerprint density at radius 1 is 1.29 bits per heavy atom. The number of aromatic hydroxyl groups is 1. The first-order valence-corrected chi connectivity index (χ1v) is 4.94. The summed E-state index contributed by atoms with van der Waals surface area (Å²) in [4.78, 5) is 0. The van der Waals surface area contributed by atoms with E-state index in [1.165, 1.54) is 0 Å². The van der Waals surface area contributed by atoms with Crippen LogP contribution in [0.1, 0.15) is 18.0 Å². The van der Waals surface area contributed by atoms with Crippen molar-refractivity contribution in [2.45, 2.75) is 12.5 Å². The summed E-state index contributed by atoms with van der Waals surface area (Å²) >= 11 is 0. The van der Waals surface area contributed by atoms with Crippen LogP contribution >= 0.6 is 0 Å². The third kappa shape index (κ3) is 1.74. The first kappa shape index (κ1) is 9.49. The highest BCUT2D eigenvalue weighted by Crippen LogP contribution is 2.29. The minimum Gasteiger partial charge on any atom is -0.508 e. The van der Waals surface area contributed by atoms with Gasteiger partial charge in [-0.2, -0.15) is 0 Å². The maximum Gasteiger partial charge on any atom is 0.115 e. The van der Waals surface area contributed by atoms with Gasteiger partial charge in [0.1, 0.15) is 5.75 Å². The topological polar surface area (TPSA) is 52.5 Å². The van der Waals surface area contributed by atoms with E-state index in [-0.39, 0.29) is 18.4 Å². The fourth-order valence-corrected chi connectivity index (χ4v) is 2.03. The minimum atomic E-state index is 0.221. The van der Waals surface area contributed by atoms with E-state index in [1.807, 2.05) is 12.1 Å². The van der Waals surface area contributed by atoms with Crippen LogP contribution in [0.2, 0.25) is 0 Å². The van der Waals surface area contributed by atoms with Crippen molar-refractivity contribution in [3.63, 3.8) is 0 Å². The Hall–Kier alpha value is -1.06. The maximum absolute atomic E-state index is 9.16. The van der Waals surface area contributed by atoms with E-state index in [0.29, 0.717) is 5.92 Å². The molecular weight excluding hydrogens is 178 g/mol. The van der Waals surface area contributed by atoms with E-state index in [9.17, 15) is 0 Å². The lowest BCUT2D eigenvalue weighted by Gasteiger charge is -2.17. The second-order valence-electron chi connectivity index (χ2n) is 3.75. The highest BCUT2D eigenvalue weighted by Gasteiger charge is 2.27. The second-order valence-corrected chi connectivity index (χ2v) is 3.75. The van der Waals surface area contributed by atoms with Gasteiger partial charge in [0.05, 0.1) is 0 Å². The summed E-state index contributed by atoms with van der Waals surface area (Å²) in [6, 6.07) is 7.41. The quantitative estimate of drug-likeness (QED) is 0.657. The molecule has 1 saturated heterocycles. The molecule has 2 rings (SSSR count). The number of hydrogen-bond acceptors (Lipinski definition) is 3. The third-order valence-corrected chi connectivity index (χ3v) is 2.84. The Labute approximate surface area is 83.4 Å². The van der Waals surface area contributed by atoms with Gasteiger partial charge >= 0.3 is 0 Å².